The van der Waals surface area contributed by atoms with Gasteiger partial charge in [-0.3, -0.25) is 14.5 Å². The molecule has 1 saturated carbocycles. The molecule has 2 aromatic rings. The highest BCUT2D eigenvalue weighted by Gasteiger charge is 2.42. The van der Waals surface area contributed by atoms with Gasteiger partial charge >= 0.3 is 6.03 Å². The maximum absolute atomic E-state index is 12.6. The number of nitrogens with zero attached hydrogens (tertiary/aromatic N) is 3. The molecule has 25 heavy (non-hydrogen) atoms. The molecule has 2 N–H and O–H groups in total. The molecule has 9 heteroatoms. The maximum Gasteiger partial charge on any atom is 0.324 e. The van der Waals surface area contributed by atoms with Gasteiger partial charge in [-0.1, -0.05) is 18.9 Å². The van der Waals surface area contributed by atoms with E-state index < -0.39 is 11.9 Å². The van der Waals surface area contributed by atoms with Crippen LogP contribution in [-0.4, -0.2) is 44.1 Å². The molecule has 0 bridgehead atoms. The summed E-state index contributed by atoms with van der Waals surface area (Å²) >= 11 is 1.06. The third kappa shape index (κ3) is 2.95. The third-order valence-electron chi connectivity index (χ3n) is 4.77. The van der Waals surface area contributed by atoms with Crippen LogP contribution in [0.5, 0.6) is 0 Å². The molecule has 1 aliphatic carbocycles. The van der Waals surface area contributed by atoms with E-state index in [-0.39, 0.29) is 24.4 Å². The van der Waals surface area contributed by atoms with E-state index in [0.717, 1.165) is 42.3 Å². The number of nitrogens with one attached hydrogen (secondary N) is 2. The molecule has 2 aliphatic rings. The minimum atomic E-state index is -0.489. The van der Waals surface area contributed by atoms with E-state index in [1.165, 1.54) is 0 Å². The molecule has 2 atom stereocenters. The Labute approximate surface area is 147 Å². The number of carbonyl (C=O) groups excluding carboxylic acids is 3. The van der Waals surface area contributed by atoms with Gasteiger partial charge in [0.2, 0.25) is 11.8 Å². The van der Waals surface area contributed by atoms with E-state index in [2.05, 4.69) is 19.4 Å². The average Bonchev–Trinajstić information content (AvgIpc) is 3.08. The Morgan fingerprint density at radius 2 is 2.12 bits per heavy atom. The Bertz CT molecular complexity index is 851. The summed E-state index contributed by atoms with van der Waals surface area (Å²) < 4.78 is 8.28. The van der Waals surface area contributed by atoms with Crippen LogP contribution in [0.1, 0.15) is 25.7 Å². The average molecular weight is 359 g/mol. The van der Waals surface area contributed by atoms with Crippen molar-refractivity contribution in [2.45, 2.75) is 31.7 Å². The first kappa shape index (κ1) is 15.9. The number of aromatic nitrogens is 2. The van der Waals surface area contributed by atoms with Crippen LogP contribution < -0.4 is 10.6 Å². The lowest BCUT2D eigenvalue weighted by atomic mass is 9.82. The number of anilines is 1. The van der Waals surface area contributed by atoms with Gasteiger partial charge in [0.25, 0.3) is 0 Å². The van der Waals surface area contributed by atoms with Crippen LogP contribution in [0.25, 0.3) is 11.0 Å². The molecular weight excluding hydrogens is 342 g/mol. The molecule has 0 spiro atoms. The Morgan fingerprint density at radius 3 is 3.00 bits per heavy atom. The van der Waals surface area contributed by atoms with Crippen molar-refractivity contribution >= 4 is 46.3 Å². The second-order valence-corrected chi connectivity index (χ2v) is 6.89. The fraction of sp³-hybridized carbons (Fsp3) is 0.438. The zero-order valence-electron chi connectivity index (χ0n) is 13.4. The second-order valence-electron chi connectivity index (χ2n) is 6.36. The lowest BCUT2D eigenvalue weighted by molar-refractivity contribution is -0.138. The molecule has 1 saturated heterocycles. The largest absolute Gasteiger partial charge is 0.334 e. The topological polar surface area (TPSA) is 104 Å². The minimum Gasteiger partial charge on any atom is -0.334 e. The Balaban J connectivity index is 1.47. The molecule has 2 fully saturated rings. The zero-order valence-corrected chi connectivity index (χ0v) is 14.2. The molecule has 8 nitrogen and oxygen atoms in total. The predicted molar refractivity (Wildman–Crippen MR) is 92.0 cm³/mol. The van der Waals surface area contributed by atoms with Gasteiger partial charge in [0, 0.05) is 6.04 Å². The lowest BCUT2D eigenvalue weighted by Gasteiger charge is -2.39. The third-order valence-corrected chi connectivity index (χ3v) is 5.31. The molecule has 0 radical (unpaired) electrons. The smallest absolute Gasteiger partial charge is 0.324 e. The second kappa shape index (κ2) is 6.40. The van der Waals surface area contributed by atoms with Gasteiger partial charge in [-0.15, -0.1) is 0 Å². The highest BCUT2D eigenvalue weighted by atomic mass is 32.1. The van der Waals surface area contributed by atoms with Crippen LogP contribution in [0.15, 0.2) is 18.2 Å². The first-order valence-electron chi connectivity index (χ1n) is 8.26. The molecule has 1 aromatic carbocycles. The number of benzene rings is 1. The Kier molecular flexibility index (Phi) is 4.08. The van der Waals surface area contributed by atoms with Crippen molar-refractivity contribution < 1.29 is 14.4 Å². The quantitative estimate of drug-likeness (QED) is 0.869. The number of rotatable bonds is 3. The molecule has 4 rings (SSSR count). The summed E-state index contributed by atoms with van der Waals surface area (Å²) in [5.41, 5.74) is 1.82. The zero-order chi connectivity index (χ0) is 17.4. The van der Waals surface area contributed by atoms with Gasteiger partial charge in [-0.05, 0) is 25.0 Å². The van der Waals surface area contributed by atoms with Gasteiger partial charge < -0.3 is 10.6 Å². The van der Waals surface area contributed by atoms with Crippen molar-refractivity contribution in [2.75, 3.05) is 11.9 Å². The number of carbonyl (C=O) groups is 3. The number of fused-ring (bicyclic) bond motifs is 2. The standard InChI is InChI=1S/C16H17N5O3S/c22-13(17-11-6-3-7-12-14(11)20-25-19-12)8-21-15(23)9-4-1-2-5-10(9)18-16(21)24/h3,6-7,9-10H,1-2,4-5,8H2,(H,17,22)(H,18,24). The van der Waals surface area contributed by atoms with E-state index in [9.17, 15) is 14.4 Å². The van der Waals surface area contributed by atoms with Crippen LogP contribution in [0.2, 0.25) is 0 Å². The van der Waals surface area contributed by atoms with Gasteiger partial charge in [-0.25, -0.2) is 4.79 Å². The number of hydrogen-bond donors (Lipinski definition) is 2. The van der Waals surface area contributed by atoms with E-state index in [4.69, 9.17) is 0 Å². The van der Waals surface area contributed by atoms with Crippen LogP contribution in [0, 0.1) is 5.92 Å². The van der Waals surface area contributed by atoms with E-state index in [0.29, 0.717) is 16.7 Å². The summed E-state index contributed by atoms with van der Waals surface area (Å²) in [7, 11) is 0. The van der Waals surface area contributed by atoms with Crippen molar-refractivity contribution in [1.82, 2.24) is 19.0 Å². The number of hydrogen-bond acceptors (Lipinski definition) is 6. The van der Waals surface area contributed by atoms with Crippen LogP contribution in [0.3, 0.4) is 0 Å². The van der Waals surface area contributed by atoms with Crippen molar-refractivity contribution in [2.24, 2.45) is 5.92 Å². The predicted octanol–water partition coefficient (Wildman–Crippen LogP) is 1.74. The Morgan fingerprint density at radius 1 is 1.28 bits per heavy atom. The maximum atomic E-state index is 12.6. The molecule has 1 aliphatic heterocycles. The summed E-state index contributed by atoms with van der Waals surface area (Å²) in [5, 5.41) is 5.58. The van der Waals surface area contributed by atoms with Crippen molar-refractivity contribution in [3.05, 3.63) is 18.2 Å². The van der Waals surface area contributed by atoms with Crippen LogP contribution in [-0.2, 0) is 9.59 Å². The fourth-order valence-electron chi connectivity index (χ4n) is 3.53. The summed E-state index contributed by atoms with van der Waals surface area (Å²) in [5.74, 6) is -0.902. The van der Waals surface area contributed by atoms with Crippen molar-refractivity contribution in [3.63, 3.8) is 0 Å². The van der Waals surface area contributed by atoms with Crippen LogP contribution >= 0.6 is 11.7 Å². The molecular formula is C16H17N5O3S. The van der Waals surface area contributed by atoms with E-state index in [1.54, 1.807) is 18.2 Å². The lowest BCUT2D eigenvalue weighted by Crippen LogP contribution is -2.61. The molecule has 130 valence electrons. The van der Waals surface area contributed by atoms with Crippen molar-refractivity contribution in [1.29, 1.82) is 0 Å². The van der Waals surface area contributed by atoms with Gasteiger partial charge in [0.05, 0.1) is 23.3 Å². The summed E-state index contributed by atoms with van der Waals surface area (Å²) in [6.07, 6.45) is 3.56. The molecule has 1 aromatic heterocycles. The molecule has 4 amide bonds. The van der Waals surface area contributed by atoms with E-state index >= 15 is 0 Å². The summed E-state index contributed by atoms with van der Waals surface area (Å²) in [6.45, 7) is -0.304. The first-order chi connectivity index (χ1) is 12.1. The molecule has 2 unspecified atom stereocenters. The summed E-state index contributed by atoms with van der Waals surface area (Å²) in [6, 6.07) is 4.71. The summed E-state index contributed by atoms with van der Waals surface area (Å²) in [4.78, 5) is 38.2. The normalized spacial score (nSPS) is 23.3. The number of amides is 4. The number of urea groups is 1. The van der Waals surface area contributed by atoms with E-state index in [1.807, 2.05) is 0 Å². The monoisotopic (exact) mass is 359 g/mol. The van der Waals surface area contributed by atoms with Crippen LogP contribution in [0.4, 0.5) is 10.5 Å². The van der Waals surface area contributed by atoms with Crippen molar-refractivity contribution in [3.8, 4) is 0 Å². The van der Waals surface area contributed by atoms with Gasteiger partial charge in [0.15, 0.2) is 0 Å². The Hall–Kier alpha value is -2.55. The minimum absolute atomic E-state index is 0.0945. The molecule has 2 heterocycles. The van der Waals surface area contributed by atoms with Gasteiger partial charge in [0.1, 0.15) is 17.6 Å². The SMILES string of the molecule is O=C(CN1C(=O)NC2CCCCC2C1=O)Nc1cccc2nsnc12. The van der Waals surface area contributed by atoms with Gasteiger partial charge in [-0.2, -0.15) is 8.75 Å². The fourth-order valence-corrected chi connectivity index (χ4v) is 4.08. The number of imide groups is 1. The highest BCUT2D eigenvalue weighted by molar-refractivity contribution is 7.00. The highest BCUT2D eigenvalue weighted by Crippen LogP contribution is 2.29. The first-order valence-corrected chi connectivity index (χ1v) is 8.99.